The molecule has 2 atom stereocenters. The maximum absolute atomic E-state index is 6.04. The topological polar surface area (TPSA) is 63.9 Å². The zero-order valence-corrected chi connectivity index (χ0v) is 17.1. The predicted octanol–water partition coefficient (Wildman–Crippen LogP) is 2.35. The highest BCUT2D eigenvalue weighted by atomic mass is 16.5. The average molecular weight is 378 g/mol. The lowest BCUT2D eigenvalue weighted by atomic mass is 9.98. The Hall–Kier alpha value is -1.60. The van der Waals surface area contributed by atoms with E-state index in [2.05, 4.69) is 27.2 Å². The predicted molar refractivity (Wildman–Crippen MR) is 107 cm³/mol. The van der Waals surface area contributed by atoms with Gasteiger partial charge in [0.15, 0.2) is 5.96 Å². The maximum atomic E-state index is 6.04. The summed E-state index contributed by atoms with van der Waals surface area (Å²) in [7, 11) is 3.79. The second-order valence-corrected chi connectivity index (χ2v) is 7.55. The molecule has 27 heavy (non-hydrogen) atoms. The Morgan fingerprint density at radius 3 is 2.93 bits per heavy atom. The molecule has 1 aliphatic carbocycles. The number of hydrogen-bond acceptors (Lipinski definition) is 4. The molecule has 1 aliphatic heterocycles. The van der Waals surface area contributed by atoms with Crippen molar-refractivity contribution in [3.8, 4) is 0 Å². The third-order valence-corrected chi connectivity index (χ3v) is 5.69. The minimum Gasteiger partial charge on any atom is -0.378 e. The smallest absolute Gasteiger partial charge is 0.193 e. The molecular formula is C20H35N5O2. The number of hydrogen-bond donors (Lipinski definition) is 1. The molecule has 152 valence electrons. The fourth-order valence-corrected chi connectivity index (χ4v) is 4.31. The second kappa shape index (κ2) is 10.1. The first-order valence-electron chi connectivity index (χ1n) is 10.4. The van der Waals surface area contributed by atoms with Gasteiger partial charge in [0.05, 0.1) is 25.5 Å². The summed E-state index contributed by atoms with van der Waals surface area (Å²) in [5.74, 6) is 1.68. The summed E-state index contributed by atoms with van der Waals surface area (Å²) in [4.78, 5) is 6.78. The number of morpholine rings is 1. The van der Waals surface area contributed by atoms with Gasteiger partial charge in [-0.15, -0.1) is 0 Å². The van der Waals surface area contributed by atoms with E-state index >= 15 is 0 Å². The molecule has 0 bridgehead atoms. The molecule has 0 amide bonds. The highest BCUT2D eigenvalue weighted by Gasteiger charge is 2.27. The number of rotatable bonds is 7. The van der Waals surface area contributed by atoms with E-state index in [9.17, 15) is 0 Å². The van der Waals surface area contributed by atoms with Gasteiger partial charge in [-0.05, 0) is 32.1 Å². The summed E-state index contributed by atoms with van der Waals surface area (Å²) in [6.07, 6.45) is 10.7. The van der Waals surface area contributed by atoms with E-state index in [1.54, 1.807) is 0 Å². The van der Waals surface area contributed by atoms with E-state index in [1.165, 1.54) is 25.7 Å². The number of guanidine groups is 1. The highest BCUT2D eigenvalue weighted by Crippen LogP contribution is 2.30. The SMILES string of the molecule is CCOC(CCNC(=NC)N1CCOC(c2cnn(C)c2)C1)C1CCCC1. The number of aryl methyl sites for hydroxylation is 1. The van der Waals surface area contributed by atoms with Gasteiger partial charge < -0.3 is 19.7 Å². The van der Waals surface area contributed by atoms with Crippen molar-refractivity contribution in [3.63, 3.8) is 0 Å². The third-order valence-electron chi connectivity index (χ3n) is 5.69. The number of aromatic nitrogens is 2. The van der Waals surface area contributed by atoms with Crippen LogP contribution in [-0.2, 0) is 16.5 Å². The van der Waals surface area contributed by atoms with Crippen LogP contribution >= 0.6 is 0 Å². The van der Waals surface area contributed by atoms with Crippen LogP contribution in [0.1, 0.15) is 50.7 Å². The summed E-state index contributed by atoms with van der Waals surface area (Å²) in [6.45, 7) is 6.14. The molecule has 1 N–H and O–H groups in total. The zero-order chi connectivity index (χ0) is 19.1. The van der Waals surface area contributed by atoms with Crippen molar-refractivity contribution >= 4 is 5.96 Å². The number of nitrogens with one attached hydrogen (secondary N) is 1. The van der Waals surface area contributed by atoms with Crippen LogP contribution in [0.3, 0.4) is 0 Å². The van der Waals surface area contributed by atoms with E-state index in [-0.39, 0.29) is 6.10 Å². The normalized spacial score (nSPS) is 23.0. The van der Waals surface area contributed by atoms with Crippen LogP contribution in [0.25, 0.3) is 0 Å². The van der Waals surface area contributed by atoms with Gasteiger partial charge in [0.25, 0.3) is 0 Å². The maximum Gasteiger partial charge on any atom is 0.193 e. The second-order valence-electron chi connectivity index (χ2n) is 7.55. The summed E-state index contributed by atoms with van der Waals surface area (Å²) in [5, 5.41) is 7.81. The lowest BCUT2D eigenvalue weighted by Gasteiger charge is -2.35. The quantitative estimate of drug-likeness (QED) is 0.584. The van der Waals surface area contributed by atoms with Crippen LogP contribution in [0.2, 0.25) is 0 Å². The van der Waals surface area contributed by atoms with Crippen LogP contribution in [0, 0.1) is 5.92 Å². The van der Waals surface area contributed by atoms with Crippen LogP contribution in [0.5, 0.6) is 0 Å². The Morgan fingerprint density at radius 2 is 2.26 bits per heavy atom. The van der Waals surface area contributed by atoms with Gasteiger partial charge in [0, 0.05) is 45.6 Å². The van der Waals surface area contributed by atoms with Crippen LogP contribution in [0.15, 0.2) is 17.4 Å². The molecule has 3 rings (SSSR count). The lowest BCUT2D eigenvalue weighted by molar-refractivity contribution is -0.00841. The van der Waals surface area contributed by atoms with E-state index in [4.69, 9.17) is 9.47 Å². The number of aliphatic imine (C=N–C) groups is 1. The molecule has 0 radical (unpaired) electrons. The van der Waals surface area contributed by atoms with Crippen LogP contribution < -0.4 is 5.32 Å². The first kappa shape index (κ1) is 20.1. The van der Waals surface area contributed by atoms with E-state index in [1.807, 2.05) is 31.2 Å². The molecule has 7 heteroatoms. The first-order chi connectivity index (χ1) is 13.2. The average Bonchev–Trinajstić information content (AvgIpc) is 3.36. The summed E-state index contributed by atoms with van der Waals surface area (Å²) in [6, 6.07) is 0. The van der Waals surface area contributed by atoms with Gasteiger partial charge in [-0.3, -0.25) is 9.67 Å². The molecule has 2 aliphatic rings. The van der Waals surface area contributed by atoms with Crippen molar-refractivity contribution in [3.05, 3.63) is 18.0 Å². The summed E-state index contributed by atoms with van der Waals surface area (Å²) >= 11 is 0. The van der Waals surface area contributed by atoms with Gasteiger partial charge in [-0.2, -0.15) is 5.10 Å². The Kier molecular flexibility index (Phi) is 7.52. The molecule has 2 heterocycles. The van der Waals surface area contributed by atoms with Crippen molar-refractivity contribution in [1.82, 2.24) is 20.0 Å². The fraction of sp³-hybridized carbons (Fsp3) is 0.800. The molecular weight excluding hydrogens is 342 g/mol. The standard InChI is InChI=1S/C20H35N5O2/c1-4-26-18(16-7-5-6-8-16)9-10-22-20(21-2)25-11-12-27-19(15-25)17-13-23-24(3)14-17/h13-14,16,18-19H,4-12,15H2,1-3H3,(H,21,22). The van der Waals surface area contributed by atoms with E-state index in [0.29, 0.717) is 12.7 Å². The van der Waals surface area contributed by atoms with Crippen molar-refractivity contribution in [2.24, 2.45) is 18.0 Å². The number of nitrogens with zero attached hydrogens (tertiary/aromatic N) is 4. The molecule has 0 aromatic carbocycles. The molecule has 1 aromatic rings. The Bertz CT molecular complexity index is 597. The minimum atomic E-state index is 0.0423. The van der Waals surface area contributed by atoms with Gasteiger partial charge >= 0.3 is 0 Å². The van der Waals surface area contributed by atoms with Crippen molar-refractivity contribution < 1.29 is 9.47 Å². The summed E-state index contributed by atoms with van der Waals surface area (Å²) in [5.41, 5.74) is 1.12. The van der Waals surface area contributed by atoms with Crippen molar-refractivity contribution in [1.29, 1.82) is 0 Å². The van der Waals surface area contributed by atoms with Crippen molar-refractivity contribution in [2.75, 3.05) is 39.9 Å². The monoisotopic (exact) mass is 377 g/mol. The molecule has 7 nitrogen and oxygen atoms in total. The lowest BCUT2D eigenvalue weighted by Crippen LogP contribution is -2.48. The zero-order valence-electron chi connectivity index (χ0n) is 17.1. The molecule has 2 fully saturated rings. The Morgan fingerprint density at radius 1 is 1.44 bits per heavy atom. The van der Waals surface area contributed by atoms with E-state index in [0.717, 1.165) is 50.1 Å². The fourth-order valence-electron chi connectivity index (χ4n) is 4.31. The molecule has 2 unspecified atom stereocenters. The molecule has 0 spiro atoms. The minimum absolute atomic E-state index is 0.0423. The Labute approximate surface area is 163 Å². The van der Waals surface area contributed by atoms with Gasteiger partial charge in [0.2, 0.25) is 0 Å². The van der Waals surface area contributed by atoms with Gasteiger partial charge in [-0.25, -0.2) is 0 Å². The molecule has 1 saturated heterocycles. The number of ether oxygens (including phenoxy) is 2. The third kappa shape index (κ3) is 5.45. The summed E-state index contributed by atoms with van der Waals surface area (Å²) < 4.78 is 13.8. The van der Waals surface area contributed by atoms with Gasteiger partial charge in [0.1, 0.15) is 6.10 Å². The largest absolute Gasteiger partial charge is 0.378 e. The van der Waals surface area contributed by atoms with Crippen molar-refractivity contribution in [2.45, 2.75) is 51.2 Å². The molecule has 1 saturated carbocycles. The molecule has 1 aromatic heterocycles. The first-order valence-corrected chi connectivity index (χ1v) is 10.4. The van der Waals surface area contributed by atoms with E-state index < -0.39 is 0 Å². The van der Waals surface area contributed by atoms with Gasteiger partial charge in [-0.1, -0.05) is 12.8 Å². The highest BCUT2D eigenvalue weighted by molar-refractivity contribution is 5.80. The Balaban J connectivity index is 1.50. The van der Waals surface area contributed by atoms with Crippen LogP contribution in [0.4, 0.5) is 0 Å². The van der Waals surface area contributed by atoms with Crippen LogP contribution in [-0.4, -0.2) is 66.6 Å².